The number of benzene rings is 1. The van der Waals surface area contributed by atoms with Crippen molar-refractivity contribution in [3.8, 4) is 22.5 Å². The summed E-state index contributed by atoms with van der Waals surface area (Å²) in [6.07, 6.45) is 3.43. The number of carbonyl (C=O) groups is 1. The van der Waals surface area contributed by atoms with Crippen LogP contribution in [0.25, 0.3) is 10.6 Å². The standard InChI is InChI=1S/C15H16N4O2S/c1-10(7-17-9-16)14(20)19-13-8-18-15(22-13)11-4-3-5-12(6-11)21-2/h3-6,8,10,17H,7H2,1-2H3,(H,19,20)/t10-/m1/s1. The minimum Gasteiger partial charge on any atom is -0.497 e. The largest absolute Gasteiger partial charge is 0.497 e. The number of hydrogen-bond acceptors (Lipinski definition) is 6. The predicted octanol–water partition coefficient (Wildman–Crippen LogP) is 2.46. The fraction of sp³-hybridized carbons (Fsp3) is 0.267. The number of anilines is 1. The molecule has 1 atom stereocenters. The molecule has 0 bridgehead atoms. The topological polar surface area (TPSA) is 87.0 Å². The van der Waals surface area contributed by atoms with Crippen LogP contribution < -0.4 is 15.4 Å². The van der Waals surface area contributed by atoms with E-state index < -0.39 is 0 Å². The fourth-order valence-corrected chi connectivity index (χ4v) is 2.57. The summed E-state index contributed by atoms with van der Waals surface area (Å²) in [5.41, 5.74) is 0.934. The molecule has 2 aromatic rings. The van der Waals surface area contributed by atoms with Crippen molar-refractivity contribution in [1.82, 2.24) is 10.3 Å². The molecule has 2 rings (SSSR count). The van der Waals surface area contributed by atoms with Crippen molar-refractivity contribution >= 4 is 22.2 Å². The number of aromatic nitrogens is 1. The number of methoxy groups -OCH3 is 1. The van der Waals surface area contributed by atoms with E-state index in [1.807, 2.05) is 24.3 Å². The van der Waals surface area contributed by atoms with Gasteiger partial charge in [0, 0.05) is 12.1 Å². The Bertz CT molecular complexity index is 693. The second-order valence-corrected chi connectivity index (χ2v) is 5.68. The summed E-state index contributed by atoms with van der Waals surface area (Å²) >= 11 is 1.39. The van der Waals surface area contributed by atoms with Gasteiger partial charge < -0.3 is 15.4 Å². The van der Waals surface area contributed by atoms with Crippen LogP contribution in [0.1, 0.15) is 6.92 Å². The van der Waals surface area contributed by atoms with Gasteiger partial charge in [0.15, 0.2) is 6.19 Å². The predicted molar refractivity (Wildman–Crippen MR) is 85.5 cm³/mol. The van der Waals surface area contributed by atoms with Crippen molar-refractivity contribution in [2.75, 3.05) is 19.0 Å². The van der Waals surface area contributed by atoms with Crippen LogP contribution >= 0.6 is 11.3 Å². The van der Waals surface area contributed by atoms with Crippen LogP contribution in [0.4, 0.5) is 5.00 Å². The van der Waals surface area contributed by atoms with E-state index in [0.29, 0.717) is 11.5 Å². The van der Waals surface area contributed by atoms with Crippen molar-refractivity contribution in [3.05, 3.63) is 30.5 Å². The molecule has 114 valence electrons. The first-order valence-corrected chi connectivity index (χ1v) is 7.48. The number of amides is 1. The van der Waals surface area contributed by atoms with Crippen LogP contribution in [0.15, 0.2) is 30.5 Å². The Morgan fingerprint density at radius 3 is 3.09 bits per heavy atom. The Morgan fingerprint density at radius 2 is 2.36 bits per heavy atom. The highest BCUT2D eigenvalue weighted by atomic mass is 32.1. The summed E-state index contributed by atoms with van der Waals surface area (Å²) in [5, 5.41) is 15.2. The highest BCUT2D eigenvalue weighted by Crippen LogP contribution is 2.30. The van der Waals surface area contributed by atoms with Gasteiger partial charge in [0.05, 0.1) is 19.2 Å². The van der Waals surface area contributed by atoms with E-state index in [1.54, 1.807) is 26.4 Å². The first kappa shape index (κ1) is 15.8. The fourth-order valence-electron chi connectivity index (χ4n) is 1.76. The second kappa shape index (κ2) is 7.43. The zero-order valence-corrected chi connectivity index (χ0v) is 13.1. The molecule has 22 heavy (non-hydrogen) atoms. The first-order chi connectivity index (χ1) is 10.6. The molecule has 0 unspecified atom stereocenters. The number of nitriles is 1. The minimum absolute atomic E-state index is 0.149. The molecule has 0 saturated heterocycles. The molecule has 1 heterocycles. The van der Waals surface area contributed by atoms with E-state index in [0.717, 1.165) is 16.3 Å². The van der Waals surface area contributed by atoms with Crippen molar-refractivity contribution in [2.24, 2.45) is 5.92 Å². The third-order valence-corrected chi connectivity index (χ3v) is 3.97. The van der Waals surface area contributed by atoms with E-state index in [2.05, 4.69) is 15.6 Å². The maximum atomic E-state index is 12.0. The number of rotatable bonds is 6. The lowest BCUT2D eigenvalue weighted by atomic mass is 10.1. The molecule has 1 aromatic heterocycles. The molecule has 0 saturated carbocycles. The van der Waals surface area contributed by atoms with Crippen molar-refractivity contribution < 1.29 is 9.53 Å². The number of thiazole rings is 1. The van der Waals surface area contributed by atoms with Crippen molar-refractivity contribution in [3.63, 3.8) is 0 Å². The lowest BCUT2D eigenvalue weighted by Crippen LogP contribution is -2.28. The Labute approximate surface area is 132 Å². The van der Waals surface area contributed by atoms with E-state index in [9.17, 15) is 4.79 Å². The van der Waals surface area contributed by atoms with E-state index in [-0.39, 0.29) is 11.8 Å². The smallest absolute Gasteiger partial charge is 0.229 e. The minimum atomic E-state index is -0.304. The van der Waals surface area contributed by atoms with Crippen LogP contribution in [-0.4, -0.2) is 24.5 Å². The molecule has 1 amide bonds. The molecule has 7 heteroatoms. The average molecular weight is 316 g/mol. The summed E-state index contributed by atoms with van der Waals surface area (Å²) in [6, 6.07) is 7.59. The zero-order valence-electron chi connectivity index (χ0n) is 12.3. The zero-order chi connectivity index (χ0) is 15.9. The summed E-state index contributed by atoms with van der Waals surface area (Å²) in [7, 11) is 1.61. The van der Waals surface area contributed by atoms with Crippen molar-refractivity contribution in [1.29, 1.82) is 5.26 Å². The molecule has 2 N–H and O–H groups in total. The van der Waals surface area contributed by atoms with E-state index in [1.165, 1.54) is 11.3 Å². The lowest BCUT2D eigenvalue weighted by Gasteiger charge is -2.08. The number of carbonyl (C=O) groups excluding carboxylic acids is 1. The van der Waals surface area contributed by atoms with Crippen LogP contribution in [0.2, 0.25) is 0 Å². The maximum absolute atomic E-state index is 12.0. The highest BCUT2D eigenvalue weighted by molar-refractivity contribution is 7.19. The van der Waals surface area contributed by atoms with Gasteiger partial charge in [-0.3, -0.25) is 4.79 Å². The Kier molecular flexibility index (Phi) is 5.33. The molecule has 0 aliphatic rings. The summed E-state index contributed by atoms with van der Waals surface area (Å²) in [4.78, 5) is 16.3. The van der Waals surface area contributed by atoms with Crippen molar-refractivity contribution in [2.45, 2.75) is 6.92 Å². The molecule has 1 aromatic carbocycles. The number of nitrogens with one attached hydrogen (secondary N) is 2. The van der Waals surface area contributed by atoms with Gasteiger partial charge in [-0.2, -0.15) is 5.26 Å². The van der Waals surface area contributed by atoms with Gasteiger partial charge in [-0.1, -0.05) is 30.4 Å². The third kappa shape index (κ3) is 3.96. The maximum Gasteiger partial charge on any atom is 0.229 e. The van der Waals surface area contributed by atoms with Gasteiger partial charge in [0.1, 0.15) is 15.8 Å². The number of ether oxygens (including phenoxy) is 1. The summed E-state index contributed by atoms with van der Waals surface area (Å²) in [5.74, 6) is 0.306. The van der Waals surface area contributed by atoms with Gasteiger partial charge in [-0.05, 0) is 12.1 Å². The van der Waals surface area contributed by atoms with Gasteiger partial charge in [-0.25, -0.2) is 4.98 Å². The molecular weight excluding hydrogens is 300 g/mol. The number of hydrogen-bond donors (Lipinski definition) is 2. The van der Waals surface area contributed by atoms with E-state index in [4.69, 9.17) is 10.00 Å². The van der Waals surface area contributed by atoms with E-state index >= 15 is 0 Å². The van der Waals surface area contributed by atoms with Crippen LogP contribution in [0, 0.1) is 17.4 Å². The Balaban J connectivity index is 2.05. The second-order valence-electron chi connectivity index (χ2n) is 4.64. The first-order valence-electron chi connectivity index (χ1n) is 6.67. The average Bonchev–Trinajstić information content (AvgIpc) is 3.01. The normalized spacial score (nSPS) is 11.3. The Hall–Kier alpha value is -2.59. The summed E-state index contributed by atoms with van der Waals surface area (Å²) in [6.45, 7) is 2.06. The van der Waals surface area contributed by atoms with Crippen LogP contribution in [0.5, 0.6) is 5.75 Å². The monoisotopic (exact) mass is 316 g/mol. The molecule has 0 spiro atoms. The van der Waals surface area contributed by atoms with Gasteiger partial charge >= 0.3 is 0 Å². The van der Waals surface area contributed by atoms with Gasteiger partial charge in [0.2, 0.25) is 5.91 Å². The molecule has 0 aliphatic heterocycles. The highest BCUT2D eigenvalue weighted by Gasteiger charge is 2.14. The molecule has 0 radical (unpaired) electrons. The van der Waals surface area contributed by atoms with Crippen LogP contribution in [0.3, 0.4) is 0 Å². The molecule has 0 fully saturated rings. The lowest BCUT2D eigenvalue weighted by molar-refractivity contribution is -0.119. The quantitative estimate of drug-likeness (QED) is 0.631. The molecule has 0 aliphatic carbocycles. The van der Waals surface area contributed by atoms with Gasteiger partial charge in [0.25, 0.3) is 0 Å². The van der Waals surface area contributed by atoms with Gasteiger partial charge in [-0.15, -0.1) is 0 Å². The Morgan fingerprint density at radius 1 is 1.55 bits per heavy atom. The number of nitrogens with zero attached hydrogens (tertiary/aromatic N) is 2. The molecular formula is C15H16N4O2S. The SMILES string of the molecule is COc1cccc(-c2ncc(NC(=O)[C@H](C)CNC#N)s2)c1. The third-order valence-electron chi connectivity index (χ3n) is 3.00. The summed E-state index contributed by atoms with van der Waals surface area (Å²) < 4.78 is 5.19. The molecule has 6 nitrogen and oxygen atoms in total. The van der Waals surface area contributed by atoms with Crippen LogP contribution in [-0.2, 0) is 4.79 Å².